The van der Waals surface area contributed by atoms with Gasteiger partial charge in [-0.1, -0.05) is 12.1 Å². The minimum Gasteiger partial charge on any atom is -0.480 e. The molecule has 1 aromatic heterocycles. The van der Waals surface area contributed by atoms with E-state index in [2.05, 4.69) is 10.3 Å². The molecule has 0 saturated carbocycles. The largest absolute Gasteiger partial charge is 0.480 e. The zero-order valence-corrected chi connectivity index (χ0v) is 15.3. The molecule has 2 N–H and O–H groups in total. The fourth-order valence-electron chi connectivity index (χ4n) is 3.08. The number of rotatable bonds is 3. The first-order valence-electron chi connectivity index (χ1n) is 8.45. The maximum Gasteiger partial charge on any atom is 0.411 e. The van der Waals surface area contributed by atoms with Crippen molar-refractivity contribution >= 4 is 29.2 Å². The number of anilines is 1. The van der Waals surface area contributed by atoms with Gasteiger partial charge in [0.2, 0.25) is 0 Å². The van der Waals surface area contributed by atoms with Crippen LogP contribution in [0.15, 0.2) is 28.7 Å². The Morgan fingerprint density at radius 2 is 2.08 bits per heavy atom. The van der Waals surface area contributed by atoms with Crippen molar-refractivity contribution in [3.8, 4) is 0 Å². The number of ether oxygens (including phenoxy) is 1. The number of carbonyl (C=O) groups excluding carboxylic acids is 1. The second-order valence-electron chi connectivity index (χ2n) is 7.70. The van der Waals surface area contributed by atoms with Crippen molar-refractivity contribution in [1.29, 1.82) is 0 Å². The van der Waals surface area contributed by atoms with E-state index in [9.17, 15) is 14.7 Å². The average Bonchev–Trinajstić information content (AvgIpc) is 3.07. The van der Waals surface area contributed by atoms with Crippen molar-refractivity contribution in [2.24, 2.45) is 0 Å². The number of nitrogens with zero attached hydrogens (tertiary/aromatic N) is 2. The van der Waals surface area contributed by atoms with Gasteiger partial charge in [-0.05, 0) is 39.8 Å². The molecule has 1 saturated heterocycles. The van der Waals surface area contributed by atoms with E-state index in [4.69, 9.17) is 9.15 Å². The van der Waals surface area contributed by atoms with Crippen molar-refractivity contribution < 1.29 is 23.8 Å². The minimum absolute atomic E-state index is 0.177. The first-order chi connectivity index (χ1) is 12.1. The number of hydrogen-bond acceptors (Lipinski definition) is 6. The van der Waals surface area contributed by atoms with E-state index in [-0.39, 0.29) is 19.0 Å². The molecule has 0 unspecified atom stereocenters. The molecule has 0 radical (unpaired) electrons. The van der Waals surface area contributed by atoms with Crippen LogP contribution in [0, 0.1) is 0 Å². The van der Waals surface area contributed by atoms with Gasteiger partial charge < -0.3 is 19.6 Å². The third kappa shape index (κ3) is 3.44. The van der Waals surface area contributed by atoms with Gasteiger partial charge in [0.1, 0.15) is 16.7 Å². The second kappa shape index (κ2) is 6.19. The monoisotopic (exact) mass is 361 g/mol. The highest BCUT2D eigenvalue weighted by Crippen LogP contribution is 2.33. The number of carboxylic acids is 1. The standard InChI is InChI=1S/C18H23N3O5/c1-17(2,3)26-16(24)21-10-11(9-18(21,4)14(22)23)19-15-20-12-7-5-6-8-13(12)25-15/h5-8,11H,9-10H2,1-4H3,(H,19,20)(H,22,23)/t11-,18-/m0/s1. The van der Waals surface area contributed by atoms with Gasteiger partial charge in [-0.25, -0.2) is 9.59 Å². The van der Waals surface area contributed by atoms with Crippen molar-refractivity contribution in [2.45, 2.75) is 51.3 Å². The Bertz CT molecular complexity index is 808. The molecule has 2 atom stereocenters. The van der Waals surface area contributed by atoms with Crippen molar-refractivity contribution in [2.75, 3.05) is 11.9 Å². The SMILES string of the molecule is CC(C)(C)OC(=O)N1C[C@@H](Nc2nc3ccccc3o2)C[C@@]1(C)C(=O)O. The van der Waals surface area contributed by atoms with Crippen LogP contribution in [0.2, 0.25) is 0 Å². The van der Waals surface area contributed by atoms with Crippen molar-refractivity contribution in [3.05, 3.63) is 24.3 Å². The number of amides is 1. The summed E-state index contributed by atoms with van der Waals surface area (Å²) in [5.41, 5.74) is -0.732. The first kappa shape index (κ1) is 18.0. The number of para-hydroxylation sites is 2. The number of aliphatic carboxylic acids is 1. The topological polar surface area (TPSA) is 105 Å². The maximum absolute atomic E-state index is 12.5. The molecule has 8 heteroatoms. The lowest BCUT2D eigenvalue weighted by Gasteiger charge is -2.32. The van der Waals surface area contributed by atoms with E-state index in [1.165, 1.54) is 11.8 Å². The van der Waals surface area contributed by atoms with E-state index in [0.29, 0.717) is 17.1 Å². The minimum atomic E-state index is -1.37. The predicted molar refractivity (Wildman–Crippen MR) is 95.0 cm³/mol. The molecular formula is C18H23N3O5. The summed E-state index contributed by atoms with van der Waals surface area (Å²) in [6, 6.07) is 7.31. The number of carboxylic acid groups (broad SMARTS) is 1. The van der Waals surface area contributed by atoms with Gasteiger partial charge in [-0.3, -0.25) is 4.90 Å². The second-order valence-corrected chi connectivity index (χ2v) is 7.70. The molecule has 2 aromatic rings. The van der Waals surface area contributed by atoms with E-state index in [1.807, 2.05) is 18.2 Å². The summed E-state index contributed by atoms with van der Waals surface area (Å²) in [5.74, 6) is -1.08. The van der Waals surface area contributed by atoms with Crippen LogP contribution in [0.1, 0.15) is 34.1 Å². The fourth-order valence-corrected chi connectivity index (χ4v) is 3.08. The molecular weight excluding hydrogens is 338 g/mol. The number of oxazole rings is 1. The number of carbonyl (C=O) groups is 2. The molecule has 26 heavy (non-hydrogen) atoms. The van der Waals surface area contributed by atoms with Gasteiger partial charge in [0.15, 0.2) is 5.58 Å². The lowest BCUT2D eigenvalue weighted by molar-refractivity contribution is -0.148. The van der Waals surface area contributed by atoms with Gasteiger partial charge in [0.05, 0.1) is 6.04 Å². The van der Waals surface area contributed by atoms with E-state index >= 15 is 0 Å². The highest BCUT2D eigenvalue weighted by atomic mass is 16.6. The summed E-state index contributed by atoms with van der Waals surface area (Å²) in [6.45, 7) is 6.93. The fraction of sp³-hybridized carbons (Fsp3) is 0.500. The molecule has 1 aliphatic rings. The molecule has 1 aromatic carbocycles. The Balaban J connectivity index is 1.79. The van der Waals surface area contributed by atoms with E-state index in [0.717, 1.165) is 0 Å². The van der Waals surface area contributed by atoms with E-state index in [1.54, 1.807) is 26.8 Å². The molecule has 0 bridgehead atoms. The molecule has 3 rings (SSSR count). The lowest BCUT2D eigenvalue weighted by Crippen LogP contribution is -2.52. The third-order valence-electron chi connectivity index (χ3n) is 4.34. The lowest BCUT2D eigenvalue weighted by atomic mass is 9.98. The van der Waals surface area contributed by atoms with Gasteiger partial charge in [-0.15, -0.1) is 0 Å². The molecule has 8 nitrogen and oxygen atoms in total. The van der Waals surface area contributed by atoms with Gasteiger partial charge >= 0.3 is 12.1 Å². The van der Waals surface area contributed by atoms with Crippen LogP contribution in [0.3, 0.4) is 0 Å². The number of fused-ring (bicyclic) bond motifs is 1. The Morgan fingerprint density at radius 3 is 2.69 bits per heavy atom. The smallest absolute Gasteiger partial charge is 0.411 e. The molecule has 1 fully saturated rings. The summed E-state index contributed by atoms with van der Waals surface area (Å²) in [6.07, 6.45) is -0.440. The Kier molecular flexibility index (Phi) is 4.29. The third-order valence-corrected chi connectivity index (χ3v) is 4.34. The van der Waals surface area contributed by atoms with Gasteiger partial charge in [0.25, 0.3) is 6.01 Å². The molecule has 0 spiro atoms. The number of nitrogens with one attached hydrogen (secondary N) is 1. The van der Waals surface area contributed by atoms with Crippen molar-refractivity contribution in [3.63, 3.8) is 0 Å². The highest BCUT2D eigenvalue weighted by Gasteiger charge is 2.51. The van der Waals surface area contributed by atoms with Crippen LogP contribution >= 0.6 is 0 Å². The zero-order valence-electron chi connectivity index (χ0n) is 15.3. The summed E-state index contributed by atoms with van der Waals surface area (Å²) in [5, 5.41) is 12.8. The summed E-state index contributed by atoms with van der Waals surface area (Å²) < 4.78 is 11.0. The average molecular weight is 361 g/mol. The molecule has 0 aliphatic carbocycles. The number of likely N-dealkylation sites (tertiary alicyclic amines) is 1. The summed E-state index contributed by atoms with van der Waals surface area (Å²) >= 11 is 0. The van der Waals surface area contributed by atoms with Crippen LogP contribution in [0.5, 0.6) is 0 Å². The number of hydrogen-bond donors (Lipinski definition) is 2. The normalized spacial score (nSPS) is 23.2. The Morgan fingerprint density at radius 1 is 1.38 bits per heavy atom. The van der Waals surface area contributed by atoms with Crippen LogP contribution in [0.25, 0.3) is 11.1 Å². The number of aromatic nitrogens is 1. The predicted octanol–water partition coefficient (Wildman–Crippen LogP) is 3.09. The quantitative estimate of drug-likeness (QED) is 0.865. The number of benzene rings is 1. The summed E-state index contributed by atoms with van der Waals surface area (Å²) in [4.78, 5) is 29.9. The van der Waals surface area contributed by atoms with Crippen LogP contribution in [0.4, 0.5) is 10.8 Å². The van der Waals surface area contributed by atoms with Gasteiger partial charge in [0, 0.05) is 13.0 Å². The maximum atomic E-state index is 12.5. The van der Waals surface area contributed by atoms with Crippen LogP contribution in [-0.4, -0.2) is 50.8 Å². The first-order valence-corrected chi connectivity index (χ1v) is 8.45. The molecule has 1 aliphatic heterocycles. The summed E-state index contributed by atoms with van der Waals surface area (Å²) in [7, 11) is 0. The molecule has 1 amide bonds. The van der Waals surface area contributed by atoms with Crippen molar-refractivity contribution in [1.82, 2.24) is 9.88 Å². The van der Waals surface area contributed by atoms with Crippen LogP contribution < -0.4 is 5.32 Å². The van der Waals surface area contributed by atoms with Gasteiger partial charge in [-0.2, -0.15) is 4.98 Å². The molecule has 140 valence electrons. The Hall–Kier alpha value is -2.77. The van der Waals surface area contributed by atoms with Crippen LogP contribution in [-0.2, 0) is 9.53 Å². The Labute approximate surface area is 151 Å². The molecule has 2 heterocycles. The highest BCUT2D eigenvalue weighted by molar-refractivity contribution is 5.85. The zero-order chi connectivity index (χ0) is 19.1. The van der Waals surface area contributed by atoms with E-state index < -0.39 is 23.2 Å².